The zero-order chi connectivity index (χ0) is 24.5. The molecule has 6 nitrogen and oxygen atoms in total. The number of hydrogen-bond donors (Lipinski definition) is 2. The van der Waals surface area contributed by atoms with E-state index in [0.717, 1.165) is 28.9 Å². The van der Waals surface area contributed by atoms with E-state index in [9.17, 15) is 14.7 Å². The van der Waals surface area contributed by atoms with Crippen LogP contribution in [0.3, 0.4) is 0 Å². The van der Waals surface area contributed by atoms with Crippen molar-refractivity contribution in [1.82, 2.24) is 10.2 Å². The maximum atomic E-state index is 13.2. The summed E-state index contributed by atoms with van der Waals surface area (Å²) in [4.78, 5) is 27.1. The largest absolute Gasteiger partial charge is 0.491 e. The van der Waals surface area contributed by atoms with Crippen molar-refractivity contribution >= 4 is 23.5 Å². The number of benzene rings is 2. The number of carbonyl (C=O) groups excluding carboxylic acids is 2. The monoisotopic (exact) mass is 484 g/mol. The van der Waals surface area contributed by atoms with Crippen molar-refractivity contribution in [2.45, 2.75) is 69.9 Å². The number of imide groups is 1. The predicted molar refractivity (Wildman–Crippen MR) is 132 cm³/mol. The summed E-state index contributed by atoms with van der Waals surface area (Å²) >= 11 is 6.26. The van der Waals surface area contributed by atoms with E-state index in [2.05, 4.69) is 17.4 Å². The third-order valence-corrected chi connectivity index (χ3v) is 7.50. The first-order valence-corrected chi connectivity index (χ1v) is 12.4. The second-order valence-electron chi connectivity index (χ2n) is 9.87. The molecule has 1 spiro atoms. The first-order chi connectivity index (χ1) is 16.2. The standard InChI is InChI=1S/C27H33ClN2O4/c1-17(2)22-14-23(28)18(3)13-24(22)34-16-21(31)15-30-25(32)27(29-26(30)33)11-9-20(10-12-27)19-7-5-4-6-8-19/h4-8,13-14,17,20-21,31H,9-12,15-16H2,1-3H3,(H,29,33). The summed E-state index contributed by atoms with van der Waals surface area (Å²) in [6.07, 6.45) is 1.87. The number of β-amino-alcohol motifs (C(OH)–C–C–N with tert-alkyl or cyclic N) is 1. The lowest BCUT2D eigenvalue weighted by Gasteiger charge is -2.35. The molecular formula is C27H33ClN2O4. The molecule has 0 bridgehead atoms. The minimum atomic E-state index is -0.999. The van der Waals surface area contributed by atoms with Crippen LogP contribution in [0.4, 0.5) is 4.79 Å². The third kappa shape index (κ3) is 4.93. The van der Waals surface area contributed by atoms with Crippen LogP contribution < -0.4 is 10.1 Å². The number of hydrogen-bond acceptors (Lipinski definition) is 4. The highest BCUT2D eigenvalue weighted by atomic mass is 35.5. The van der Waals surface area contributed by atoms with E-state index < -0.39 is 17.7 Å². The summed E-state index contributed by atoms with van der Waals surface area (Å²) in [6.45, 7) is 5.86. The van der Waals surface area contributed by atoms with Gasteiger partial charge in [0.1, 0.15) is 24.0 Å². The van der Waals surface area contributed by atoms with E-state index in [1.54, 1.807) is 0 Å². The summed E-state index contributed by atoms with van der Waals surface area (Å²) < 4.78 is 5.90. The first kappa shape index (κ1) is 24.6. The number of nitrogens with one attached hydrogen (secondary N) is 1. The molecule has 1 saturated heterocycles. The molecule has 1 saturated carbocycles. The number of nitrogens with zero attached hydrogens (tertiary/aromatic N) is 1. The van der Waals surface area contributed by atoms with Crippen LogP contribution in [-0.2, 0) is 4.79 Å². The molecule has 2 N–H and O–H groups in total. The van der Waals surface area contributed by atoms with Crippen LogP contribution >= 0.6 is 11.6 Å². The van der Waals surface area contributed by atoms with Gasteiger partial charge in [0.2, 0.25) is 0 Å². The Morgan fingerprint density at radius 1 is 1.18 bits per heavy atom. The van der Waals surface area contributed by atoms with Crippen molar-refractivity contribution in [2.75, 3.05) is 13.2 Å². The molecule has 182 valence electrons. The minimum absolute atomic E-state index is 0.0269. The lowest BCUT2D eigenvalue weighted by atomic mass is 9.74. The summed E-state index contributed by atoms with van der Waals surface area (Å²) in [7, 11) is 0. The Morgan fingerprint density at radius 3 is 2.50 bits per heavy atom. The Morgan fingerprint density at radius 2 is 1.85 bits per heavy atom. The molecule has 1 atom stereocenters. The van der Waals surface area contributed by atoms with Gasteiger partial charge in [0.25, 0.3) is 5.91 Å². The van der Waals surface area contributed by atoms with Crippen molar-refractivity contribution in [3.05, 3.63) is 64.2 Å². The molecule has 0 aromatic heterocycles. The molecule has 2 aromatic carbocycles. The van der Waals surface area contributed by atoms with Gasteiger partial charge in [-0.3, -0.25) is 9.69 Å². The molecule has 3 amide bonds. The SMILES string of the molecule is Cc1cc(OCC(O)CN2C(=O)NC3(CCC(c4ccccc4)CC3)C2=O)c(C(C)C)cc1Cl. The Labute approximate surface area is 206 Å². The average molecular weight is 485 g/mol. The minimum Gasteiger partial charge on any atom is -0.491 e. The number of aliphatic hydroxyl groups is 1. The van der Waals surface area contributed by atoms with Gasteiger partial charge >= 0.3 is 6.03 Å². The maximum absolute atomic E-state index is 13.2. The van der Waals surface area contributed by atoms with Crippen LogP contribution in [0.5, 0.6) is 5.75 Å². The van der Waals surface area contributed by atoms with Crippen molar-refractivity contribution < 1.29 is 19.4 Å². The number of aryl methyl sites for hydroxylation is 1. The second kappa shape index (κ2) is 9.96. The topological polar surface area (TPSA) is 78.9 Å². The lowest BCUT2D eigenvalue weighted by Crippen LogP contribution is -2.49. The number of rotatable bonds is 7. The van der Waals surface area contributed by atoms with Crippen LogP contribution in [0.25, 0.3) is 0 Å². The van der Waals surface area contributed by atoms with Crippen molar-refractivity contribution in [1.29, 1.82) is 0 Å². The van der Waals surface area contributed by atoms with Crippen LogP contribution in [0.2, 0.25) is 5.02 Å². The van der Waals surface area contributed by atoms with E-state index in [1.165, 1.54) is 5.56 Å². The summed E-state index contributed by atoms with van der Waals surface area (Å²) in [5, 5.41) is 14.2. The summed E-state index contributed by atoms with van der Waals surface area (Å²) in [6, 6.07) is 13.6. The highest BCUT2D eigenvalue weighted by Gasteiger charge is 2.52. The molecule has 1 heterocycles. The van der Waals surface area contributed by atoms with E-state index in [0.29, 0.717) is 29.5 Å². The van der Waals surface area contributed by atoms with E-state index in [-0.39, 0.29) is 25.0 Å². The van der Waals surface area contributed by atoms with E-state index >= 15 is 0 Å². The van der Waals surface area contributed by atoms with Gasteiger partial charge in [-0.15, -0.1) is 0 Å². The lowest BCUT2D eigenvalue weighted by molar-refractivity contribution is -0.133. The van der Waals surface area contributed by atoms with Gasteiger partial charge in [-0.1, -0.05) is 55.8 Å². The van der Waals surface area contributed by atoms with Crippen molar-refractivity contribution in [3.8, 4) is 5.75 Å². The van der Waals surface area contributed by atoms with Gasteiger partial charge in [0, 0.05) is 5.02 Å². The van der Waals surface area contributed by atoms with Gasteiger partial charge in [-0.05, 0) is 73.3 Å². The predicted octanol–water partition coefficient (Wildman–Crippen LogP) is 5.16. The number of halogens is 1. The molecule has 2 aliphatic rings. The van der Waals surface area contributed by atoms with Gasteiger partial charge < -0.3 is 15.2 Å². The quantitative estimate of drug-likeness (QED) is 0.532. The molecule has 2 aromatic rings. The Hall–Kier alpha value is -2.57. The maximum Gasteiger partial charge on any atom is 0.325 e. The van der Waals surface area contributed by atoms with Crippen LogP contribution in [0.1, 0.15) is 68.1 Å². The Bertz CT molecular complexity index is 1050. The highest BCUT2D eigenvalue weighted by molar-refractivity contribution is 6.31. The Kier molecular flexibility index (Phi) is 7.20. The van der Waals surface area contributed by atoms with Crippen LogP contribution in [0.15, 0.2) is 42.5 Å². The zero-order valence-corrected chi connectivity index (χ0v) is 20.8. The van der Waals surface area contributed by atoms with Gasteiger partial charge in [0.05, 0.1) is 6.54 Å². The molecule has 1 aliphatic heterocycles. The van der Waals surface area contributed by atoms with Crippen molar-refractivity contribution in [2.24, 2.45) is 0 Å². The molecule has 1 unspecified atom stereocenters. The number of aliphatic hydroxyl groups excluding tert-OH is 1. The third-order valence-electron chi connectivity index (χ3n) is 7.09. The van der Waals surface area contributed by atoms with Gasteiger partial charge in [-0.2, -0.15) is 0 Å². The molecule has 34 heavy (non-hydrogen) atoms. The fourth-order valence-corrected chi connectivity index (χ4v) is 5.22. The molecule has 0 radical (unpaired) electrons. The summed E-state index contributed by atoms with van der Waals surface area (Å²) in [5.74, 6) is 1.00. The summed E-state index contributed by atoms with van der Waals surface area (Å²) in [5.41, 5.74) is 2.25. The average Bonchev–Trinajstić information content (AvgIpc) is 3.04. The normalized spacial score (nSPS) is 23.5. The fourth-order valence-electron chi connectivity index (χ4n) is 5.05. The van der Waals surface area contributed by atoms with E-state index in [1.807, 2.05) is 51.1 Å². The van der Waals surface area contributed by atoms with Crippen molar-refractivity contribution in [3.63, 3.8) is 0 Å². The molecule has 7 heteroatoms. The number of urea groups is 1. The van der Waals surface area contributed by atoms with Gasteiger partial charge in [-0.25, -0.2) is 4.79 Å². The van der Waals surface area contributed by atoms with Crippen LogP contribution in [-0.4, -0.2) is 46.7 Å². The molecule has 2 fully saturated rings. The smallest absolute Gasteiger partial charge is 0.325 e. The van der Waals surface area contributed by atoms with Crippen LogP contribution in [0, 0.1) is 6.92 Å². The number of ether oxygens (including phenoxy) is 1. The molecule has 4 rings (SSSR count). The first-order valence-electron chi connectivity index (χ1n) is 12.0. The van der Waals surface area contributed by atoms with E-state index in [4.69, 9.17) is 16.3 Å². The number of carbonyl (C=O) groups is 2. The second-order valence-corrected chi connectivity index (χ2v) is 10.3. The Balaban J connectivity index is 1.36. The molecule has 1 aliphatic carbocycles. The zero-order valence-electron chi connectivity index (χ0n) is 20.0. The molecular weight excluding hydrogens is 452 g/mol. The highest BCUT2D eigenvalue weighted by Crippen LogP contribution is 2.41. The van der Waals surface area contributed by atoms with Gasteiger partial charge in [0.15, 0.2) is 0 Å². The fraction of sp³-hybridized carbons (Fsp3) is 0.481. The number of amides is 3.